The molecule has 0 spiro atoms. The Kier molecular flexibility index (Phi) is 6.61. The van der Waals surface area contributed by atoms with Gasteiger partial charge in [0, 0.05) is 49.6 Å². The van der Waals surface area contributed by atoms with Gasteiger partial charge in [-0.15, -0.1) is 0 Å². The van der Waals surface area contributed by atoms with Crippen LogP contribution in [0.25, 0.3) is 0 Å². The quantitative estimate of drug-likeness (QED) is 0.571. The van der Waals surface area contributed by atoms with E-state index in [4.69, 9.17) is 23.9 Å². The highest BCUT2D eigenvalue weighted by Gasteiger charge is 2.20. The number of nitrogens with one attached hydrogen (secondary N) is 1. The average Bonchev–Trinajstić information content (AvgIpc) is 2.83. The lowest BCUT2D eigenvalue weighted by atomic mass is 10.1. The maximum atomic E-state index is 5.48. The number of anilines is 2. The van der Waals surface area contributed by atoms with Gasteiger partial charge in [-0.1, -0.05) is 6.07 Å². The zero-order valence-electron chi connectivity index (χ0n) is 18.8. The highest BCUT2D eigenvalue weighted by atomic mass is 16.5. The molecule has 0 radical (unpaired) electrons. The number of ether oxygens (including phenoxy) is 4. The number of hydrogen-bond donors (Lipinski definition) is 1. The molecule has 0 amide bonds. The summed E-state index contributed by atoms with van der Waals surface area (Å²) in [6, 6.07) is 11.7. The van der Waals surface area contributed by atoms with Crippen LogP contribution in [0, 0.1) is 0 Å². The van der Waals surface area contributed by atoms with Gasteiger partial charge in [-0.05, 0) is 29.8 Å². The zero-order valence-corrected chi connectivity index (χ0v) is 18.8. The van der Waals surface area contributed by atoms with Gasteiger partial charge in [0.05, 0.1) is 34.1 Å². The average molecular weight is 437 g/mol. The molecule has 1 aliphatic rings. The van der Waals surface area contributed by atoms with E-state index in [0.717, 1.165) is 54.3 Å². The van der Waals surface area contributed by atoms with Gasteiger partial charge in [0.1, 0.15) is 5.75 Å². The number of rotatable bonds is 8. The summed E-state index contributed by atoms with van der Waals surface area (Å²) in [4.78, 5) is 11.6. The van der Waals surface area contributed by atoms with E-state index in [2.05, 4.69) is 15.2 Å². The van der Waals surface area contributed by atoms with Crippen LogP contribution in [0.2, 0.25) is 0 Å². The third-order valence-electron chi connectivity index (χ3n) is 5.47. The van der Waals surface area contributed by atoms with Gasteiger partial charge < -0.3 is 24.3 Å². The predicted octanol–water partition coefficient (Wildman–Crippen LogP) is 3.81. The standard InChI is InChI=1S/C24H28N4O4/c1-29-19-7-5-6-18(12-19)26-24-25-13-17-15-28(9-8-20(17)27-24)14-16-10-21(30-2)23(32-4)22(11-16)31-3/h5-7,10-13H,8-9,14-15H2,1-4H3,(H,25,26,27). The second-order valence-corrected chi connectivity index (χ2v) is 7.52. The monoisotopic (exact) mass is 436 g/mol. The van der Waals surface area contributed by atoms with Crippen LogP contribution in [0.4, 0.5) is 11.6 Å². The van der Waals surface area contributed by atoms with Crippen LogP contribution < -0.4 is 24.3 Å². The van der Waals surface area contributed by atoms with E-state index in [0.29, 0.717) is 23.2 Å². The number of benzene rings is 2. The van der Waals surface area contributed by atoms with Gasteiger partial charge in [0.2, 0.25) is 11.7 Å². The molecule has 1 N–H and O–H groups in total. The van der Waals surface area contributed by atoms with Crippen molar-refractivity contribution in [3.05, 3.63) is 59.4 Å². The predicted molar refractivity (Wildman–Crippen MR) is 122 cm³/mol. The first kappa shape index (κ1) is 21.7. The normalized spacial score (nSPS) is 13.2. The van der Waals surface area contributed by atoms with Crippen molar-refractivity contribution in [1.29, 1.82) is 0 Å². The SMILES string of the molecule is COc1cccc(Nc2ncc3c(n2)CCN(Cc2cc(OC)c(OC)c(OC)c2)C3)c1. The Morgan fingerprint density at radius 1 is 0.969 bits per heavy atom. The number of methoxy groups -OCH3 is 4. The molecule has 32 heavy (non-hydrogen) atoms. The smallest absolute Gasteiger partial charge is 0.227 e. The minimum atomic E-state index is 0.593. The van der Waals surface area contributed by atoms with Crippen LogP contribution in [0.5, 0.6) is 23.0 Å². The molecule has 2 heterocycles. The van der Waals surface area contributed by atoms with Crippen molar-refractivity contribution in [1.82, 2.24) is 14.9 Å². The molecule has 1 aliphatic heterocycles. The fourth-order valence-electron chi connectivity index (χ4n) is 3.88. The second kappa shape index (κ2) is 9.74. The number of aromatic nitrogens is 2. The molecule has 2 aromatic carbocycles. The van der Waals surface area contributed by atoms with Crippen LogP contribution in [0.3, 0.4) is 0 Å². The molecular weight excluding hydrogens is 408 g/mol. The van der Waals surface area contributed by atoms with Crippen molar-refractivity contribution in [3.63, 3.8) is 0 Å². The van der Waals surface area contributed by atoms with Crippen molar-refractivity contribution >= 4 is 11.6 Å². The fourth-order valence-corrected chi connectivity index (χ4v) is 3.88. The highest BCUT2D eigenvalue weighted by molar-refractivity contribution is 5.56. The maximum absolute atomic E-state index is 5.48. The van der Waals surface area contributed by atoms with Gasteiger partial charge >= 0.3 is 0 Å². The lowest BCUT2D eigenvalue weighted by Gasteiger charge is -2.28. The van der Waals surface area contributed by atoms with E-state index < -0.39 is 0 Å². The molecule has 8 heteroatoms. The van der Waals surface area contributed by atoms with Crippen LogP contribution in [-0.4, -0.2) is 49.9 Å². The van der Waals surface area contributed by atoms with Gasteiger partial charge in [0.15, 0.2) is 11.5 Å². The van der Waals surface area contributed by atoms with Crippen LogP contribution in [-0.2, 0) is 19.5 Å². The van der Waals surface area contributed by atoms with Crippen molar-refractivity contribution in [3.8, 4) is 23.0 Å². The molecule has 0 fully saturated rings. The molecule has 0 bridgehead atoms. The molecule has 0 unspecified atom stereocenters. The summed E-state index contributed by atoms with van der Waals surface area (Å²) in [6.07, 6.45) is 2.77. The van der Waals surface area contributed by atoms with Crippen molar-refractivity contribution in [2.24, 2.45) is 0 Å². The summed E-state index contributed by atoms with van der Waals surface area (Å²) in [5, 5.41) is 3.26. The van der Waals surface area contributed by atoms with E-state index >= 15 is 0 Å². The minimum absolute atomic E-state index is 0.593. The van der Waals surface area contributed by atoms with E-state index in [-0.39, 0.29) is 0 Å². The topological polar surface area (TPSA) is 78.0 Å². The first-order chi connectivity index (χ1) is 15.6. The summed E-state index contributed by atoms with van der Waals surface area (Å²) in [5.74, 6) is 3.31. The Morgan fingerprint density at radius 2 is 1.75 bits per heavy atom. The number of fused-ring (bicyclic) bond motifs is 1. The largest absolute Gasteiger partial charge is 0.497 e. The van der Waals surface area contributed by atoms with Gasteiger partial charge in [-0.2, -0.15) is 0 Å². The van der Waals surface area contributed by atoms with Crippen LogP contribution >= 0.6 is 0 Å². The maximum Gasteiger partial charge on any atom is 0.227 e. The van der Waals surface area contributed by atoms with E-state index in [9.17, 15) is 0 Å². The number of nitrogens with zero attached hydrogens (tertiary/aromatic N) is 3. The Morgan fingerprint density at radius 3 is 2.44 bits per heavy atom. The van der Waals surface area contributed by atoms with Crippen LogP contribution in [0.1, 0.15) is 16.8 Å². The third-order valence-corrected chi connectivity index (χ3v) is 5.47. The minimum Gasteiger partial charge on any atom is -0.497 e. The summed E-state index contributed by atoms with van der Waals surface area (Å²) in [5.41, 5.74) is 4.20. The Hall–Kier alpha value is -3.52. The Bertz CT molecular complexity index is 1060. The molecular formula is C24H28N4O4. The molecule has 0 saturated heterocycles. The lowest BCUT2D eigenvalue weighted by Crippen LogP contribution is -2.31. The van der Waals surface area contributed by atoms with Crippen LogP contribution in [0.15, 0.2) is 42.6 Å². The molecule has 1 aromatic heterocycles. The molecule has 3 aromatic rings. The first-order valence-corrected chi connectivity index (χ1v) is 10.4. The fraction of sp³-hybridized carbons (Fsp3) is 0.333. The summed E-state index contributed by atoms with van der Waals surface area (Å²) < 4.78 is 21.7. The highest BCUT2D eigenvalue weighted by Crippen LogP contribution is 2.38. The molecule has 0 atom stereocenters. The van der Waals surface area contributed by atoms with Crippen molar-refractivity contribution in [2.45, 2.75) is 19.5 Å². The second-order valence-electron chi connectivity index (χ2n) is 7.52. The molecule has 4 rings (SSSR count). The van der Waals surface area contributed by atoms with Crippen molar-refractivity contribution < 1.29 is 18.9 Å². The van der Waals surface area contributed by atoms with Gasteiger partial charge in [0.25, 0.3) is 0 Å². The van der Waals surface area contributed by atoms with Crippen molar-refractivity contribution in [2.75, 3.05) is 40.3 Å². The summed E-state index contributed by atoms with van der Waals surface area (Å²) in [6.45, 7) is 2.45. The zero-order chi connectivity index (χ0) is 22.5. The summed E-state index contributed by atoms with van der Waals surface area (Å²) >= 11 is 0. The van der Waals surface area contributed by atoms with E-state index in [1.807, 2.05) is 42.6 Å². The third kappa shape index (κ3) is 4.70. The van der Waals surface area contributed by atoms with Gasteiger partial charge in [-0.25, -0.2) is 9.97 Å². The van der Waals surface area contributed by atoms with E-state index in [1.54, 1.807) is 28.4 Å². The molecule has 0 aliphatic carbocycles. The first-order valence-electron chi connectivity index (χ1n) is 10.4. The molecule has 8 nitrogen and oxygen atoms in total. The lowest BCUT2D eigenvalue weighted by molar-refractivity contribution is 0.241. The molecule has 168 valence electrons. The summed E-state index contributed by atoms with van der Waals surface area (Å²) in [7, 11) is 6.52. The Balaban J connectivity index is 1.46. The Labute approximate surface area is 188 Å². The van der Waals surface area contributed by atoms with Gasteiger partial charge in [-0.3, -0.25) is 4.90 Å². The van der Waals surface area contributed by atoms with E-state index in [1.165, 1.54) is 0 Å². The number of hydrogen-bond acceptors (Lipinski definition) is 8. The molecule has 0 saturated carbocycles.